The zero-order valence-corrected chi connectivity index (χ0v) is 49.2. The predicted octanol–water partition coefficient (Wildman–Crippen LogP) is 1.24. The Hall–Kier alpha value is -7.96. The summed E-state index contributed by atoms with van der Waals surface area (Å²) in [5, 5.41) is 8.45. The number of hydrogen-bond donors (Lipinski definition) is 3. The Kier molecular flexibility index (Phi) is 17.3. The lowest BCUT2D eigenvalue weighted by Gasteiger charge is -2.35. The SMILES string of the molecule is COc1ccc(CN2C(=O)N[C@]3(C[C@@H](C(=O)N(CC=O)CC(C)C)N(C(=O)CN(CC(C)C)C(=O)[C@@H]4C[C@@]5(CN4C(=O)CN(CC(C)C)C(=O)[C@@H]4C[C@@]6(CN4C)NC(=O)N(Cc4ccccc4)C6=O)NC(=O)N(CC4CC4)C5=O)C3)C2=O)cc1. The van der Waals surface area contributed by atoms with Crippen LogP contribution in [0.3, 0.4) is 0 Å². The number of nitrogens with one attached hydrogen (secondary N) is 3. The van der Waals surface area contributed by atoms with Gasteiger partial charge < -0.3 is 50.0 Å². The summed E-state index contributed by atoms with van der Waals surface area (Å²) in [7, 11) is 3.16. The highest BCUT2D eigenvalue weighted by Crippen LogP contribution is 2.40. The number of benzene rings is 2. The summed E-state index contributed by atoms with van der Waals surface area (Å²) in [5.41, 5.74) is -3.63. The van der Waals surface area contributed by atoms with E-state index in [1.54, 1.807) is 74.3 Å². The number of carbonyl (C=O) groups is 12. The zero-order chi connectivity index (χ0) is 60.7. The molecule has 6 saturated heterocycles. The fraction of sp³-hybridized carbons (Fsp3) is 0.593. The molecule has 2 aromatic rings. The molecule has 452 valence electrons. The lowest BCUT2D eigenvalue weighted by Crippen LogP contribution is -2.56. The lowest BCUT2D eigenvalue weighted by molar-refractivity contribution is -0.151. The molecule has 3 spiro atoms. The van der Waals surface area contributed by atoms with Crippen molar-refractivity contribution in [1.82, 2.24) is 60.0 Å². The summed E-state index contributed by atoms with van der Waals surface area (Å²) < 4.78 is 5.27. The number of likely N-dealkylation sites (tertiary alicyclic amines) is 3. The Morgan fingerprint density at radius 2 is 0.976 bits per heavy atom. The number of hydrogen-bond acceptors (Lipinski definition) is 14. The van der Waals surface area contributed by atoms with Gasteiger partial charge in [-0.3, -0.25) is 58.0 Å². The molecule has 7 aliphatic rings. The van der Waals surface area contributed by atoms with Crippen molar-refractivity contribution in [3.63, 3.8) is 0 Å². The van der Waals surface area contributed by atoms with Crippen molar-refractivity contribution in [2.45, 2.75) is 121 Å². The monoisotopic (exact) mass is 1160 g/mol. The average molecular weight is 1160 g/mol. The molecule has 3 N–H and O–H groups in total. The summed E-state index contributed by atoms with van der Waals surface area (Å²) in [5.74, 6) is -5.22. The van der Waals surface area contributed by atoms with Gasteiger partial charge in [0.05, 0.1) is 59.0 Å². The second-order valence-corrected chi connectivity index (χ2v) is 25.2. The number of rotatable bonds is 22. The van der Waals surface area contributed by atoms with E-state index >= 15 is 14.4 Å². The van der Waals surface area contributed by atoms with Crippen molar-refractivity contribution in [1.29, 1.82) is 0 Å². The van der Waals surface area contributed by atoms with Crippen molar-refractivity contribution in [3.05, 3.63) is 65.7 Å². The van der Waals surface area contributed by atoms with Gasteiger partial charge in [0.2, 0.25) is 29.5 Å². The summed E-state index contributed by atoms with van der Waals surface area (Å²) in [6.07, 6.45) is 1.37. The highest BCUT2D eigenvalue weighted by atomic mass is 16.5. The standard InChI is InChI=1S/C59H78N12O13/c1-36(2)25-64(20-21-72)49(76)44-23-58(52(79)69(56(83)61-58)30-41-16-18-42(84-8)19-17-41)34-70(44)47(74)32-66(27-38(5)6)50(77)45-24-59(53(80)68(55(82)62-59)29-40-14-15-40)35-71(45)46(73)31-65(26-37(3)4)48(75)43-22-57(33-63(43)7)51(78)67(54(81)60-57)28-39-12-10-9-11-13-39/h9-13,16-19,21,36-38,40,43-45H,14-15,20,22-35H2,1-8H3,(H,60,81)(H,61,83)(H,62,82)/t43-,44-,45-,57-,58-,59-/m0/s1. The van der Waals surface area contributed by atoms with Crippen LogP contribution in [-0.4, -0.2) is 230 Å². The van der Waals surface area contributed by atoms with Crippen LogP contribution < -0.4 is 20.7 Å². The van der Waals surface area contributed by atoms with Crippen LogP contribution in [0, 0.1) is 23.7 Å². The van der Waals surface area contributed by atoms with E-state index in [1.165, 1.54) is 26.7 Å². The molecule has 6 heterocycles. The molecule has 1 saturated carbocycles. The van der Waals surface area contributed by atoms with E-state index in [2.05, 4.69) is 16.0 Å². The number of ether oxygens (including phenoxy) is 1. The minimum absolute atomic E-state index is 0.00771. The molecule has 9 rings (SSSR count). The third kappa shape index (κ3) is 12.1. The van der Waals surface area contributed by atoms with Crippen LogP contribution in [-0.2, 0) is 56.2 Å². The molecule has 25 nitrogen and oxygen atoms in total. The van der Waals surface area contributed by atoms with Gasteiger partial charge in [0, 0.05) is 52.0 Å². The minimum atomic E-state index is -1.78. The number of imide groups is 3. The molecule has 7 fully saturated rings. The van der Waals surface area contributed by atoms with Crippen LogP contribution in [0.5, 0.6) is 5.75 Å². The Morgan fingerprint density at radius 1 is 0.571 bits per heavy atom. The first kappa shape index (κ1) is 60.6. The van der Waals surface area contributed by atoms with E-state index in [0.717, 1.165) is 38.0 Å². The van der Waals surface area contributed by atoms with Crippen LogP contribution in [0.1, 0.15) is 84.8 Å². The van der Waals surface area contributed by atoms with Crippen molar-refractivity contribution < 1.29 is 62.3 Å². The summed E-state index contributed by atoms with van der Waals surface area (Å²) in [4.78, 5) is 183. The molecule has 0 radical (unpaired) electrons. The highest BCUT2D eigenvalue weighted by Gasteiger charge is 2.64. The Bertz CT molecular complexity index is 2970. The number of carbonyl (C=O) groups excluding carboxylic acids is 12. The molecule has 25 heteroatoms. The number of aldehydes is 1. The second kappa shape index (κ2) is 24.0. The predicted molar refractivity (Wildman–Crippen MR) is 300 cm³/mol. The third-order valence-electron chi connectivity index (χ3n) is 17.0. The first-order valence-electron chi connectivity index (χ1n) is 29.0. The van der Waals surface area contributed by atoms with Crippen molar-refractivity contribution in [3.8, 4) is 5.75 Å². The summed E-state index contributed by atoms with van der Waals surface area (Å²) in [6, 6.07) is 9.90. The van der Waals surface area contributed by atoms with Gasteiger partial charge in [0.15, 0.2) is 0 Å². The molecule has 6 atom stereocenters. The lowest BCUT2D eigenvalue weighted by atomic mass is 9.95. The highest BCUT2D eigenvalue weighted by molar-refractivity contribution is 6.11. The van der Waals surface area contributed by atoms with Gasteiger partial charge in [-0.15, -0.1) is 0 Å². The van der Waals surface area contributed by atoms with Gasteiger partial charge in [-0.25, -0.2) is 14.4 Å². The van der Waals surface area contributed by atoms with Crippen LogP contribution in [0.2, 0.25) is 0 Å². The second-order valence-electron chi connectivity index (χ2n) is 25.2. The number of nitrogens with zero attached hydrogens (tertiary/aromatic N) is 9. The van der Waals surface area contributed by atoms with Gasteiger partial charge in [-0.05, 0) is 66.8 Å². The number of urea groups is 3. The third-order valence-corrected chi connectivity index (χ3v) is 17.0. The van der Waals surface area contributed by atoms with Gasteiger partial charge in [-0.2, -0.15) is 0 Å². The van der Waals surface area contributed by atoms with E-state index < -0.39 is 126 Å². The fourth-order valence-electron chi connectivity index (χ4n) is 12.9. The van der Waals surface area contributed by atoms with E-state index in [9.17, 15) is 43.2 Å². The number of methoxy groups -OCH3 is 1. The van der Waals surface area contributed by atoms with Gasteiger partial charge in [0.25, 0.3) is 17.7 Å². The van der Waals surface area contributed by atoms with Crippen LogP contribution in [0.25, 0.3) is 0 Å². The average Bonchev–Trinajstić information content (AvgIpc) is 2.61. The fourth-order valence-corrected chi connectivity index (χ4v) is 12.9. The van der Waals surface area contributed by atoms with Crippen LogP contribution >= 0.6 is 0 Å². The maximum absolute atomic E-state index is 15.6. The Balaban J connectivity index is 0.994. The van der Waals surface area contributed by atoms with Gasteiger partial charge in [-0.1, -0.05) is 84.0 Å². The van der Waals surface area contributed by atoms with Crippen LogP contribution in [0.4, 0.5) is 14.4 Å². The molecule has 2 aromatic carbocycles. The largest absolute Gasteiger partial charge is 0.497 e. The van der Waals surface area contributed by atoms with E-state index in [-0.39, 0.29) is 95.3 Å². The molecule has 84 heavy (non-hydrogen) atoms. The molecule has 1 aliphatic carbocycles. The van der Waals surface area contributed by atoms with E-state index in [0.29, 0.717) is 17.6 Å². The van der Waals surface area contributed by atoms with Gasteiger partial charge >= 0.3 is 18.1 Å². The summed E-state index contributed by atoms with van der Waals surface area (Å²) in [6.45, 7) is 8.61. The summed E-state index contributed by atoms with van der Waals surface area (Å²) >= 11 is 0. The van der Waals surface area contributed by atoms with Crippen LogP contribution in [0.15, 0.2) is 54.6 Å². The van der Waals surface area contributed by atoms with E-state index in [1.807, 2.05) is 33.8 Å². The van der Waals surface area contributed by atoms with E-state index in [4.69, 9.17) is 4.74 Å². The smallest absolute Gasteiger partial charge is 0.325 e. The molecular formula is C59H78N12O13. The van der Waals surface area contributed by atoms with Crippen molar-refractivity contribution in [2.24, 2.45) is 23.7 Å². The Labute approximate surface area is 488 Å². The molecule has 6 aliphatic heterocycles. The van der Waals surface area contributed by atoms with Crippen molar-refractivity contribution in [2.75, 3.05) is 79.6 Å². The maximum Gasteiger partial charge on any atom is 0.325 e. The maximum atomic E-state index is 15.6. The topological polar surface area (TPSA) is 279 Å². The quantitative estimate of drug-likeness (QED) is 0.111. The zero-order valence-electron chi connectivity index (χ0n) is 49.2. The molecule has 14 amide bonds. The molecular weight excluding hydrogens is 1080 g/mol. The normalized spacial score (nSPS) is 25.8. The molecule has 0 aromatic heterocycles. The number of amides is 14. The number of likely N-dealkylation sites (N-methyl/N-ethyl adjacent to an activating group) is 1. The Morgan fingerprint density at radius 3 is 1.43 bits per heavy atom. The first-order chi connectivity index (χ1) is 39.8. The first-order valence-corrected chi connectivity index (χ1v) is 29.0. The van der Waals surface area contributed by atoms with Crippen molar-refractivity contribution >= 4 is 71.6 Å². The molecule has 0 bridgehead atoms. The van der Waals surface area contributed by atoms with Gasteiger partial charge in [0.1, 0.15) is 40.7 Å². The minimum Gasteiger partial charge on any atom is -0.497 e. The molecule has 0 unspecified atom stereocenters.